The molecule has 180 valence electrons. The van der Waals surface area contributed by atoms with Crippen LogP contribution in [0.15, 0.2) is 16.9 Å². The Bertz CT molecular complexity index is 1260. The second kappa shape index (κ2) is 9.03. The molecule has 3 aliphatic rings. The molecule has 0 spiro atoms. The van der Waals surface area contributed by atoms with Crippen molar-refractivity contribution in [2.45, 2.75) is 64.1 Å². The average molecular weight is 465 g/mol. The van der Waals surface area contributed by atoms with Crippen LogP contribution < -0.4 is 16.2 Å². The number of nitrogens with zero attached hydrogens (tertiary/aromatic N) is 4. The number of H-pyrrole nitrogens is 1. The van der Waals surface area contributed by atoms with Gasteiger partial charge >= 0.3 is 11.7 Å². The van der Waals surface area contributed by atoms with Crippen LogP contribution in [0.25, 0.3) is 11.2 Å². The topological polar surface area (TPSA) is 111 Å². The fourth-order valence-corrected chi connectivity index (χ4v) is 5.74. The van der Waals surface area contributed by atoms with E-state index in [1.54, 1.807) is 4.57 Å². The first-order valence-electron chi connectivity index (χ1n) is 12.5. The van der Waals surface area contributed by atoms with E-state index in [4.69, 9.17) is 15.2 Å². The number of hydrogen-bond acceptors (Lipinski definition) is 7. The molecule has 1 saturated heterocycles. The quantitative estimate of drug-likeness (QED) is 0.569. The molecule has 1 fully saturated rings. The average Bonchev–Trinajstić information content (AvgIpc) is 3.16. The second-order valence-electron chi connectivity index (χ2n) is 9.72. The molecule has 3 aromatic rings. The first kappa shape index (κ1) is 21.6. The summed E-state index contributed by atoms with van der Waals surface area (Å²) in [6, 6.07) is 5.43. The number of nitrogens with two attached hydrogens (primary N) is 1. The Kier molecular flexibility index (Phi) is 5.74. The maximum atomic E-state index is 12.9. The van der Waals surface area contributed by atoms with Crippen molar-refractivity contribution in [3.63, 3.8) is 0 Å². The molecule has 9 heteroatoms. The molecule has 5 heterocycles. The van der Waals surface area contributed by atoms with E-state index in [2.05, 4.69) is 32.0 Å². The van der Waals surface area contributed by atoms with Crippen molar-refractivity contribution in [1.29, 1.82) is 0 Å². The van der Waals surface area contributed by atoms with Gasteiger partial charge in [-0.05, 0) is 67.2 Å². The Hall–Kier alpha value is -2.91. The molecule has 3 N–H and O–H groups in total. The van der Waals surface area contributed by atoms with Crippen LogP contribution >= 0.6 is 0 Å². The van der Waals surface area contributed by atoms with Gasteiger partial charge < -0.3 is 20.2 Å². The summed E-state index contributed by atoms with van der Waals surface area (Å²) in [4.78, 5) is 27.1. The summed E-state index contributed by atoms with van der Waals surface area (Å²) in [5.74, 6) is 0.237. The molecule has 0 amide bonds. The molecule has 0 atom stereocenters. The number of ether oxygens (including phenoxy) is 2. The second-order valence-corrected chi connectivity index (χ2v) is 9.72. The maximum absolute atomic E-state index is 12.9. The Morgan fingerprint density at radius 1 is 1.00 bits per heavy atom. The summed E-state index contributed by atoms with van der Waals surface area (Å²) in [7, 11) is 0. The van der Waals surface area contributed by atoms with Crippen LogP contribution in [0.2, 0.25) is 0 Å². The van der Waals surface area contributed by atoms with Crippen LogP contribution in [-0.4, -0.2) is 56.8 Å². The van der Waals surface area contributed by atoms with E-state index in [1.807, 2.05) is 0 Å². The molecule has 34 heavy (non-hydrogen) atoms. The highest BCUT2D eigenvalue weighted by Gasteiger charge is 2.27. The van der Waals surface area contributed by atoms with Gasteiger partial charge in [-0.2, -0.15) is 9.97 Å². The number of anilines is 1. The highest BCUT2D eigenvalue weighted by atomic mass is 16.5. The summed E-state index contributed by atoms with van der Waals surface area (Å²) in [5, 5.41) is 0. The van der Waals surface area contributed by atoms with Gasteiger partial charge in [0, 0.05) is 32.3 Å². The van der Waals surface area contributed by atoms with Crippen LogP contribution in [0.3, 0.4) is 0 Å². The summed E-state index contributed by atoms with van der Waals surface area (Å²) in [6.45, 7) is 4.78. The monoisotopic (exact) mass is 464 g/mol. The molecular weight excluding hydrogens is 432 g/mol. The van der Waals surface area contributed by atoms with Gasteiger partial charge in [0.1, 0.15) is 5.52 Å². The van der Waals surface area contributed by atoms with Gasteiger partial charge in [0.25, 0.3) is 0 Å². The van der Waals surface area contributed by atoms with Crippen molar-refractivity contribution in [3.05, 3.63) is 44.9 Å². The van der Waals surface area contributed by atoms with Gasteiger partial charge in [0.05, 0.1) is 13.2 Å². The van der Waals surface area contributed by atoms with Crippen molar-refractivity contribution in [2.24, 2.45) is 0 Å². The summed E-state index contributed by atoms with van der Waals surface area (Å²) in [5.41, 5.74) is 12.3. The van der Waals surface area contributed by atoms with Gasteiger partial charge in [0.15, 0.2) is 11.5 Å². The number of aryl methyl sites for hydroxylation is 1. The molecule has 1 aromatic carbocycles. The van der Waals surface area contributed by atoms with E-state index in [1.165, 1.54) is 16.7 Å². The van der Waals surface area contributed by atoms with Crippen LogP contribution in [0.1, 0.15) is 54.4 Å². The highest BCUT2D eigenvalue weighted by molar-refractivity contribution is 5.82. The molecule has 3 aliphatic heterocycles. The number of benzene rings is 1. The third-order valence-electron chi connectivity index (χ3n) is 7.52. The fourth-order valence-electron chi connectivity index (χ4n) is 5.74. The zero-order valence-electron chi connectivity index (χ0n) is 19.5. The largest absolute Gasteiger partial charge is 0.463 e. The minimum Gasteiger partial charge on any atom is -0.463 e. The van der Waals surface area contributed by atoms with E-state index in [0.717, 1.165) is 76.8 Å². The normalized spacial score (nSPS) is 20.1. The van der Waals surface area contributed by atoms with Crippen LogP contribution in [0.4, 0.5) is 5.82 Å². The number of aromatic nitrogens is 4. The number of nitrogens with one attached hydrogen (secondary N) is 1. The maximum Gasteiger partial charge on any atom is 0.328 e. The van der Waals surface area contributed by atoms with Crippen molar-refractivity contribution < 1.29 is 9.47 Å². The summed E-state index contributed by atoms with van der Waals surface area (Å²) in [6.07, 6.45) is 7.49. The Labute approximate surface area is 198 Å². The van der Waals surface area contributed by atoms with Crippen molar-refractivity contribution >= 4 is 17.0 Å². The fraction of sp³-hybridized carbons (Fsp3) is 0.560. The number of hydrogen-bond donors (Lipinski definition) is 2. The number of imidazole rings is 1. The lowest BCUT2D eigenvalue weighted by Gasteiger charge is -2.38. The van der Waals surface area contributed by atoms with Crippen molar-refractivity contribution in [2.75, 3.05) is 32.1 Å². The predicted molar refractivity (Wildman–Crippen MR) is 129 cm³/mol. The minimum absolute atomic E-state index is 0.230. The van der Waals surface area contributed by atoms with E-state index in [9.17, 15) is 4.79 Å². The van der Waals surface area contributed by atoms with Gasteiger partial charge in [0.2, 0.25) is 0 Å². The lowest BCUT2D eigenvalue weighted by Crippen LogP contribution is -2.42. The standard InChI is InChI=1S/C25H32N6O3/c26-22-21-23-29-24(28-22)34-9-3-1-2-4-17-12-16(14-31(23)25(32)27-21)13-18-15-30(8-5-20(17)18)19-6-10-33-11-7-19/h12-13,19H,1-11,14-15H2,(H,27,32)(H2,26,28,29). The molecule has 6 rings (SSSR count). The molecule has 0 radical (unpaired) electrons. The first-order chi connectivity index (χ1) is 16.7. The lowest BCUT2D eigenvalue weighted by molar-refractivity contribution is 0.0290. The zero-order chi connectivity index (χ0) is 23.1. The van der Waals surface area contributed by atoms with Gasteiger partial charge in [-0.25, -0.2) is 4.79 Å². The highest BCUT2D eigenvalue weighted by Crippen LogP contribution is 2.30. The Morgan fingerprint density at radius 2 is 1.85 bits per heavy atom. The van der Waals surface area contributed by atoms with E-state index in [-0.39, 0.29) is 17.5 Å². The molecule has 0 saturated carbocycles. The third-order valence-corrected chi connectivity index (χ3v) is 7.52. The van der Waals surface area contributed by atoms with Gasteiger partial charge in [-0.15, -0.1) is 0 Å². The lowest BCUT2D eigenvalue weighted by atomic mass is 9.88. The molecular formula is C25H32N6O3. The molecule has 9 nitrogen and oxygen atoms in total. The zero-order valence-corrected chi connectivity index (χ0v) is 19.5. The van der Waals surface area contributed by atoms with E-state index in [0.29, 0.717) is 30.4 Å². The van der Waals surface area contributed by atoms with Crippen LogP contribution in [0, 0.1) is 0 Å². The number of nitrogen functional groups attached to an aromatic ring is 1. The molecule has 0 aliphatic carbocycles. The Morgan fingerprint density at radius 3 is 2.74 bits per heavy atom. The van der Waals surface area contributed by atoms with Crippen LogP contribution in [0.5, 0.6) is 6.01 Å². The minimum atomic E-state index is -0.233. The Balaban J connectivity index is 1.40. The molecule has 0 unspecified atom stereocenters. The predicted octanol–water partition coefficient (Wildman–Crippen LogP) is 2.39. The van der Waals surface area contributed by atoms with E-state index >= 15 is 0 Å². The van der Waals surface area contributed by atoms with Gasteiger partial charge in [-0.3, -0.25) is 9.47 Å². The van der Waals surface area contributed by atoms with Crippen LogP contribution in [-0.2, 0) is 30.7 Å². The van der Waals surface area contributed by atoms with Crippen molar-refractivity contribution in [1.82, 2.24) is 24.4 Å². The summed E-state index contributed by atoms with van der Waals surface area (Å²) < 4.78 is 13.0. The smallest absolute Gasteiger partial charge is 0.328 e. The number of rotatable bonds is 1. The molecule has 2 aromatic heterocycles. The van der Waals surface area contributed by atoms with Gasteiger partial charge in [-0.1, -0.05) is 12.1 Å². The third kappa shape index (κ3) is 4.07. The summed E-state index contributed by atoms with van der Waals surface area (Å²) >= 11 is 0. The molecule has 4 bridgehead atoms. The van der Waals surface area contributed by atoms with E-state index < -0.39 is 0 Å². The first-order valence-corrected chi connectivity index (χ1v) is 12.5. The van der Waals surface area contributed by atoms with Crippen molar-refractivity contribution in [3.8, 4) is 6.01 Å². The number of fused-ring (bicyclic) bond motifs is 5. The number of aromatic amines is 1. The SMILES string of the molecule is Nc1nc2nc3c1[nH]c(=O)n3Cc1cc(c3c(c1)CN(C1CCOCC1)CC3)CCCCCO2.